The molecule has 6 heteroatoms. The van der Waals surface area contributed by atoms with E-state index in [0.29, 0.717) is 6.04 Å². The number of piperidine rings is 1. The summed E-state index contributed by atoms with van der Waals surface area (Å²) in [5.41, 5.74) is 2.57. The highest BCUT2D eigenvalue weighted by atomic mass is 127. The van der Waals surface area contributed by atoms with E-state index in [-0.39, 0.29) is 24.0 Å². The van der Waals surface area contributed by atoms with Gasteiger partial charge in [-0.15, -0.1) is 30.6 Å². The van der Waals surface area contributed by atoms with Crippen molar-refractivity contribution in [1.82, 2.24) is 15.5 Å². The van der Waals surface area contributed by atoms with Crippen molar-refractivity contribution in [3.63, 3.8) is 0 Å². The van der Waals surface area contributed by atoms with Crippen LogP contribution in [0.25, 0.3) is 0 Å². The summed E-state index contributed by atoms with van der Waals surface area (Å²) in [5.74, 6) is 0.884. The molecule has 0 atom stereocenters. The normalized spacial score (nSPS) is 16.4. The molecule has 1 aromatic carbocycles. The van der Waals surface area contributed by atoms with Crippen molar-refractivity contribution in [2.45, 2.75) is 32.4 Å². The fourth-order valence-electron chi connectivity index (χ4n) is 2.87. The van der Waals surface area contributed by atoms with E-state index in [9.17, 15) is 0 Å². The third-order valence-electron chi connectivity index (χ3n) is 4.29. The molecule has 1 aliphatic heterocycles. The van der Waals surface area contributed by atoms with Crippen molar-refractivity contribution < 1.29 is 0 Å². The maximum Gasteiger partial charge on any atom is 0.191 e. The Morgan fingerprint density at radius 1 is 1.42 bits per heavy atom. The first kappa shape index (κ1) is 21.4. The monoisotopic (exact) mass is 506 g/mol. The maximum absolute atomic E-state index is 4.36. The molecular weight excluding hydrogens is 479 g/mol. The van der Waals surface area contributed by atoms with Gasteiger partial charge in [0, 0.05) is 43.7 Å². The molecule has 1 fully saturated rings. The van der Waals surface area contributed by atoms with Crippen LogP contribution < -0.4 is 10.6 Å². The van der Waals surface area contributed by atoms with Gasteiger partial charge in [-0.05, 0) is 43.0 Å². The van der Waals surface area contributed by atoms with Gasteiger partial charge >= 0.3 is 0 Å². The summed E-state index contributed by atoms with van der Waals surface area (Å²) in [5, 5.41) is 6.97. The average Bonchev–Trinajstić information content (AvgIpc) is 2.54. The number of halogens is 2. The smallest absolute Gasteiger partial charge is 0.191 e. The molecule has 0 radical (unpaired) electrons. The number of benzene rings is 1. The van der Waals surface area contributed by atoms with Crippen LogP contribution in [0, 0.1) is 6.92 Å². The molecule has 1 heterocycles. The Hall–Kier alpha value is -0.600. The third-order valence-corrected chi connectivity index (χ3v) is 4.78. The van der Waals surface area contributed by atoms with Crippen molar-refractivity contribution in [1.29, 1.82) is 0 Å². The molecule has 2 N–H and O–H groups in total. The van der Waals surface area contributed by atoms with Crippen LogP contribution in [0.5, 0.6) is 0 Å². The van der Waals surface area contributed by atoms with E-state index >= 15 is 0 Å². The molecule has 1 aliphatic rings. The van der Waals surface area contributed by atoms with Crippen LogP contribution in [0.1, 0.15) is 24.0 Å². The van der Waals surface area contributed by atoms with E-state index in [1.807, 2.05) is 13.1 Å². The number of nitrogens with one attached hydrogen (secondary N) is 2. The van der Waals surface area contributed by atoms with E-state index < -0.39 is 0 Å². The van der Waals surface area contributed by atoms with Crippen LogP contribution in [-0.2, 0) is 6.54 Å². The van der Waals surface area contributed by atoms with Gasteiger partial charge in [0.2, 0.25) is 0 Å². The van der Waals surface area contributed by atoms with E-state index in [4.69, 9.17) is 0 Å². The quantitative estimate of drug-likeness (QED) is 0.277. The molecule has 1 aromatic rings. The molecule has 0 amide bonds. The molecule has 0 saturated carbocycles. The lowest BCUT2D eigenvalue weighted by Crippen LogP contribution is -2.48. The van der Waals surface area contributed by atoms with Gasteiger partial charge in [0.25, 0.3) is 0 Å². The Bertz CT molecular complexity index is 554. The molecule has 0 spiro atoms. The molecule has 0 aliphatic carbocycles. The van der Waals surface area contributed by atoms with Crippen molar-refractivity contribution in [2.75, 3.05) is 26.7 Å². The summed E-state index contributed by atoms with van der Waals surface area (Å²) >= 11 is 3.51. The van der Waals surface area contributed by atoms with E-state index in [1.54, 1.807) is 0 Å². The van der Waals surface area contributed by atoms with Gasteiger partial charge in [0.05, 0.1) is 0 Å². The first-order valence-corrected chi connectivity index (χ1v) is 8.97. The highest BCUT2D eigenvalue weighted by Gasteiger charge is 2.19. The average molecular weight is 507 g/mol. The number of hydrogen-bond donors (Lipinski definition) is 2. The molecule has 2 rings (SSSR count). The van der Waals surface area contributed by atoms with Crippen LogP contribution in [-0.4, -0.2) is 43.6 Å². The van der Waals surface area contributed by atoms with Gasteiger partial charge in [0.1, 0.15) is 0 Å². The topological polar surface area (TPSA) is 39.7 Å². The molecule has 4 nitrogen and oxygen atoms in total. The Morgan fingerprint density at radius 2 is 2.12 bits per heavy atom. The van der Waals surface area contributed by atoms with Gasteiger partial charge in [-0.3, -0.25) is 9.89 Å². The zero-order chi connectivity index (χ0) is 16.7. The van der Waals surface area contributed by atoms with Crippen LogP contribution in [0.2, 0.25) is 0 Å². The summed E-state index contributed by atoms with van der Waals surface area (Å²) in [7, 11) is 1.83. The zero-order valence-electron chi connectivity index (χ0n) is 14.5. The summed E-state index contributed by atoms with van der Waals surface area (Å²) in [6.45, 7) is 9.95. The summed E-state index contributed by atoms with van der Waals surface area (Å²) in [4.78, 5) is 6.79. The molecule has 0 bridgehead atoms. The third kappa shape index (κ3) is 6.72. The minimum absolute atomic E-state index is 0. The summed E-state index contributed by atoms with van der Waals surface area (Å²) in [6.07, 6.45) is 4.27. The number of likely N-dealkylation sites (tertiary alicyclic amines) is 1. The van der Waals surface area contributed by atoms with E-state index in [0.717, 1.165) is 49.5 Å². The van der Waals surface area contributed by atoms with Gasteiger partial charge in [-0.2, -0.15) is 0 Å². The number of rotatable bonds is 5. The van der Waals surface area contributed by atoms with E-state index in [1.165, 1.54) is 11.1 Å². The molecule has 24 heavy (non-hydrogen) atoms. The zero-order valence-corrected chi connectivity index (χ0v) is 18.4. The molecule has 1 saturated heterocycles. The Labute approximate surface area is 171 Å². The minimum Gasteiger partial charge on any atom is -0.354 e. The number of aryl methyl sites for hydroxylation is 1. The summed E-state index contributed by atoms with van der Waals surface area (Å²) < 4.78 is 1.12. The van der Waals surface area contributed by atoms with Crippen LogP contribution in [0.15, 0.2) is 40.3 Å². The van der Waals surface area contributed by atoms with Crippen molar-refractivity contribution in [2.24, 2.45) is 4.99 Å². The predicted molar refractivity (Wildman–Crippen MR) is 117 cm³/mol. The van der Waals surface area contributed by atoms with Crippen molar-refractivity contribution in [3.8, 4) is 0 Å². The molecule has 0 unspecified atom stereocenters. The fraction of sp³-hybridized carbons (Fsp3) is 0.500. The molecule has 134 valence electrons. The van der Waals surface area contributed by atoms with Crippen molar-refractivity contribution in [3.05, 3.63) is 46.5 Å². The second-order valence-electron chi connectivity index (χ2n) is 6.00. The number of nitrogens with zero attached hydrogens (tertiary/aromatic N) is 2. The molecule has 0 aromatic heterocycles. The maximum atomic E-state index is 4.36. The number of hydrogen-bond acceptors (Lipinski definition) is 2. The van der Waals surface area contributed by atoms with Gasteiger partial charge in [0.15, 0.2) is 5.96 Å². The number of guanidine groups is 1. The predicted octanol–water partition coefficient (Wildman–Crippen LogP) is 3.69. The standard InChI is InChI=1S/C18H27BrN4.HI/c1-4-9-23-10-7-17(8-11-23)22-18(20-3)21-13-15-5-6-16(19)12-14(15)2;/h4-6,12,17H,1,7-11,13H2,2-3H3,(H2,20,21,22);1H. The first-order chi connectivity index (χ1) is 11.1. The van der Waals surface area contributed by atoms with Gasteiger partial charge in [-0.1, -0.05) is 28.1 Å². The Kier molecular flexibility index (Phi) is 9.92. The van der Waals surface area contributed by atoms with Gasteiger partial charge < -0.3 is 10.6 Å². The SMILES string of the molecule is C=CCN1CCC(NC(=NC)NCc2ccc(Br)cc2C)CC1.I. The lowest BCUT2D eigenvalue weighted by molar-refractivity contribution is 0.225. The van der Waals surface area contributed by atoms with Crippen LogP contribution in [0.3, 0.4) is 0 Å². The van der Waals surface area contributed by atoms with E-state index in [2.05, 4.69) is 68.2 Å². The molecular formula is C18H28BrIN4. The Morgan fingerprint density at radius 3 is 2.71 bits per heavy atom. The van der Waals surface area contributed by atoms with Crippen molar-refractivity contribution >= 4 is 45.9 Å². The summed E-state index contributed by atoms with van der Waals surface area (Å²) in [6, 6.07) is 6.86. The second kappa shape index (κ2) is 11.1. The second-order valence-corrected chi connectivity index (χ2v) is 6.92. The first-order valence-electron chi connectivity index (χ1n) is 8.18. The number of aliphatic imine (C=N–C) groups is 1. The Balaban J connectivity index is 0.00000288. The minimum atomic E-state index is 0. The van der Waals surface area contributed by atoms with Gasteiger partial charge in [-0.25, -0.2) is 0 Å². The lowest BCUT2D eigenvalue weighted by atomic mass is 10.1. The largest absolute Gasteiger partial charge is 0.354 e. The van der Waals surface area contributed by atoms with Crippen LogP contribution in [0.4, 0.5) is 0 Å². The fourth-order valence-corrected chi connectivity index (χ4v) is 3.34. The van der Waals surface area contributed by atoms with Crippen LogP contribution >= 0.6 is 39.9 Å². The lowest BCUT2D eigenvalue weighted by Gasteiger charge is -2.32. The highest BCUT2D eigenvalue weighted by molar-refractivity contribution is 14.0. The highest BCUT2D eigenvalue weighted by Crippen LogP contribution is 2.15.